The Kier molecular flexibility index (Phi) is 4.62. The Morgan fingerprint density at radius 2 is 1.63 bits per heavy atom. The van der Waals surface area contributed by atoms with Gasteiger partial charge in [0.15, 0.2) is 0 Å². The molecule has 0 saturated heterocycles. The molecule has 0 fully saturated rings. The summed E-state index contributed by atoms with van der Waals surface area (Å²) in [6.45, 7) is 2.09. The summed E-state index contributed by atoms with van der Waals surface area (Å²) in [6.07, 6.45) is 0. The molecule has 2 nitrogen and oxygen atoms in total. The van der Waals surface area contributed by atoms with E-state index in [4.69, 9.17) is 5.26 Å². The number of nitriles is 1. The third kappa shape index (κ3) is 3.37. The molecule has 2 rings (SSSR count). The summed E-state index contributed by atoms with van der Waals surface area (Å²) in [5, 5.41) is 12.3. The van der Waals surface area contributed by atoms with Crippen molar-refractivity contribution in [2.45, 2.75) is 13.0 Å². The van der Waals surface area contributed by atoms with Crippen LogP contribution in [-0.4, -0.2) is 0 Å². The van der Waals surface area contributed by atoms with Crippen LogP contribution in [-0.2, 0) is 0 Å². The highest BCUT2D eigenvalue weighted by molar-refractivity contribution is 9.11. The first kappa shape index (κ1) is 14.1. The molecule has 4 heteroatoms. The average molecular weight is 380 g/mol. The highest BCUT2D eigenvalue weighted by Crippen LogP contribution is 2.33. The summed E-state index contributed by atoms with van der Waals surface area (Å²) in [7, 11) is 0. The Morgan fingerprint density at radius 3 is 2.16 bits per heavy atom. The normalized spacial score (nSPS) is 11.7. The fourth-order valence-electron chi connectivity index (χ4n) is 1.78. The van der Waals surface area contributed by atoms with Crippen LogP contribution < -0.4 is 5.32 Å². The minimum absolute atomic E-state index is 0.155. The molecule has 19 heavy (non-hydrogen) atoms. The Balaban J connectivity index is 2.21. The van der Waals surface area contributed by atoms with E-state index in [0.717, 1.165) is 20.2 Å². The molecule has 0 spiro atoms. The van der Waals surface area contributed by atoms with E-state index in [1.165, 1.54) is 0 Å². The van der Waals surface area contributed by atoms with Crippen molar-refractivity contribution in [3.05, 3.63) is 62.5 Å². The quantitative estimate of drug-likeness (QED) is 0.789. The average Bonchev–Trinajstić information content (AvgIpc) is 2.43. The molecule has 0 aliphatic heterocycles. The molecule has 0 amide bonds. The van der Waals surface area contributed by atoms with E-state index in [2.05, 4.69) is 50.2 Å². The summed E-state index contributed by atoms with van der Waals surface area (Å²) < 4.78 is 2.03. The van der Waals surface area contributed by atoms with Crippen LogP contribution in [0.5, 0.6) is 0 Å². The number of benzene rings is 2. The Hall–Kier alpha value is -1.31. The first-order valence-corrected chi connectivity index (χ1v) is 7.41. The molecule has 0 heterocycles. The van der Waals surface area contributed by atoms with Gasteiger partial charge in [-0.25, -0.2) is 0 Å². The van der Waals surface area contributed by atoms with Crippen molar-refractivity contribution in [1.82, 2.24) is 0 Å². The fraction of sp³-hybridized carbons (Fsp3) is 0.133. The zero-order chi connectivity index (χ0) is 13.8. The lowest BCUT2D eigenvalue weighted by Gasteiger charge is -2.18. The summed E-state index contributed by atoms with van der Waals surface area (Å²) in [4.78, 5) is 0. The van der Waals surface area contributed by atoms with Crippen LogP contribution in [0.3, 0.4) is 0 Å². The highest BCUT2D eigenvalue weighted by atomic mass is 79.9. The van der Waals surface area contributed by atoms with Gasteiger partial charge in [-0.05, 0) is 68.6 Å². The Labute approximate surface area is 129 Å². The maximum atomic E-state index is 8.80. The zero-order valence-electron chi connectivity index (χ0n) is 10.3. The molecular weight excluding hydrogens is 368 g/mol. The molecule has 0 aromatic heterocycles. The van der Waals surface area contributed by atoms with Gasteiger partial charge >= 0.3 is 0 Å². The van der Waals surface area contributed by atoms with Crippen LogP contribution in [0.25, 0.3) is 0 Å². The molecule has 0 aliphatic carbocycles. The van der Waals surface area contributed by atoms with Crippen molar-refractivity contribution in [3.8, 4) is 6.07 Å². The number of nitrogens with zero attached hydrogens (tertiary/aromatic N) is 1. The zero-order valence-corrected chi connectivity index (χ0v) is 13.5. The SMILES string of the molecule is CC(Nc1c(Br)cccc1Br)c1ccc(C#N)cc1. The van der Waals surface area contributed by atoms with Crippen molar-refractivity contribution in [2.24, 2.45) is 0 Å². The van der Waals surface area contributed by atoms with Crippen molar-refractivity contribution in [1.29, 1.82) is 5.26 Å². The van der Waals surface area contributed by atoms with Crippen molar-refractivity contribution in [3.63, 3.8) is 0 Å². The second kappa shape index (κ2) is 6.23. The van der Waals surface area contributed by atoms with E-state index in [-0.39, 0.29) is 6.04 Å². The van der Waals surface area contributed by atoms with Gasteiger partial charge in [0.1, 0.15) is 0 Å². The van der Waals surface area contributed by atoms with E-state index in [1.807, 2.05) is 42.5 Å². The number of nitrogens with one attached hydrogen (secondary N) is 1. The third-order valence-electron chi connectivity index (χ3n) is 2.86. The minimum Gasteiger partial charge on any atom is -0.377 e. The van der Waals surface area contributed by atoms with E-state index >= 15 is 0 Å². The summed E-state index contributed by atoms with van der Waals surface area (Å²) in [6, 6.07) is 15.9. The standard InChI is InChI=1S/C15H12Br2N2/c1-10(12-7-5-11(9-18)6-8-12)19-15-13(16)3-2-4-14(15)17/h2-8,10,19H,1H3. The molecule has 0 saturated carbocycles. The van der Waals surface area contributed by atoms with Gasteiger partial charge in [0.05, 0.1) is 17.3 Å². The molecule has 0 aliphatic rings. The highest BCUT2D eigenvalue weighted by Gasteiger charge is 2.10. The van der Waals surface area contributed by atoms with Crippen molar-refractivity contribution < 1.29 is 0 Å². The second-order valence-electron chi connectivity index (χ2n) is 4.20. The lowest BCUT2D eigenvalue weighted by atomic mass is 10.1. The summed E-state index contributed by atoms with van der Waals surface area (Å²) in [5.74, 6) is 0. The number of rotatable bonds is 3. The van der Waals surface area contributed by atoms with Gasteiger partial charge in [-0.1, -0.05) is 18.2 Å². The van der Waals surface area contributed by atoms with E-state index in [0.29, 0.717) is 5.56 Å². The van der Waals surface area contributed by atoms with E-state index < -0.39 is 0 Å². The second-order valence-corrected chi connectivity index (χ2v) is 5.91. The van der Waals surface area contributed by atoms with Gasteiger partial charge < -0.3 is 5.32 Å². The molecule has 96 valence electrons. The van der Waals surface area contributed by atoms with Crippen LogP contribution in [0.1, 0.15) is 24.1 Å². The van der Waals surface area contributed by atoms with Gasteiger partial charge in [-0.15, -0.1) is 0 Å². The summed E-state index contributed by atoms with van der Waals surface area (Å²) >= 11 is 7.07. The molecule has 0 bridgehead atoms. The fourth-order valence-corrected chi connectivity index (χ4v) is 3.01. The maximum absolute atomic E-state index is 8.80. The number of halogens is 2. The van der Waals surface area contributed by atoms with Gasteiger partial charge in [-0.2, -0.15) is 5.26 Å². The maximum Gasteiger partial charge on any atom is 0.0991 e. The van der Waals surface area contributed by atoms with E-state index in [9.17, 15) is 0 Å². The predicted octanol–water partition coefficient (Wildman–Crippen LogP) is 5.26. The van der Waals surface area contributed by atoms with E-state index in [1.54, 1.807) is 0 Å². The molecule has 2 aromatic carbocycles. The lowest BCUT2D eigenvalue weighted by Crippen LogP contribution is -2.07. The van der Waals surface area contributed by atoms with Gasteiger partial charge in [0, 0.05) is 15.0 Å². The predicted molar refractivity (Wildman–Crippen MR) is 85.0 cm³/mol. The monoisotopic (exact) mass is 378 g/mol. The number of anilines is 1. The minimum atomic E-state index is 0.155. The topological polar surface area (TPSA) is 35.8 Å². The van der Waals surface area contributed by atoms with Crippen molar-refractivity contribution >= 4 is 37.5 Å². The molecular formula is C15H12Br2N2. The van der Waals surface area contributed by atoms with Crippen LogP contribution in [0.2, 0.25) is 0 Å². The molecule has 1 N–H and O–H groups in total. The third-order valence-corrected chi connectivity index (χ3v) is 4.19. The van der Waals surface area contributed by atoms with Crippen LogP contribution in [0.15, 0.2) is 51.4 Å². The Bertz CT molecular complexity index is 595. The molecule has 1 atom stereocenters. The number of para-hydroxylation sites is 1. The smallest absolute Gasteiger partial charge is 0.0991 e. The molecule has 0 radical (unpaired) electrons. The Morgan fingerprint density at radius 1 is 1.05 bits per heavy atom. The van der Waals surface area contributed by atoms with Gasteiger partial charge in [0.2, 0.25) is 0 Å². The van der Waals surface area contributed by atoms with Crippen LogP contribution >= 0.6 is 31.9 Å². The first-order chi connectivity index (χ1) is 9.11. The van der Waals surface area contributed by atoms with Crippen molar-refractivity contribution in [2.75, 3.05) is 5.32 Å². The number of hydrogen-bond donors (Lipinski definition) is 1. The van der Waals surface area contributed by atoms with Gasteiger partial charge in [-0.3, -0.25) is 0 Å². The lowest BCUT2D eigenvalue weighted by molar-refractivity contribution is 0.882. The molecule has 1 unspecified atom stereocenters. The summed E-state index contributed by atoms with van der Waals surface area (Å²) in [5.41, 5.74) is 2.85. The largest absolute Gasteiger partial charge is 0.377 e. The van der Waals surface area contributed by atoms with Gasteiger partial charge in [0.25, 0.3) is 0 Å². The number of hydrogen-bond acceptors (Lipinski definition) is 2. The van der Waals surface area contributed by atoms with Crippen LogP contribution in [0.4, 0.5) is 5.69 Å². The van der Waals surface area contributed by atoms with Crippen LogP contribution in [0, 0.1) is 11.3 Å². The first-order valence-electron chi connectivity index (χ1n) is 5.82. The molecule has 2 aromatic rings.